The van der Waals surface area contributed by atoms with Gasteiger partial charge in [-0.3, -0.25) is 4.79 Å². The van der Waals surface area contributed by atoms with Gasteiger partial charge in [0.1, 0.15) is 5.60 Å². The van der Waals surface area contributed by atoms with Crippen LogP contribution in [0.3, 0.4) is 0 Å². The highest BCUT2D eigenvalue weighted by atomic mass is 16.5. The maximum Gasteiger partial charge on any atom is 0.290 e. The second-order valence-electron chi connectivity index (χ2n) is 8.09. The highest BCUT2D eigenvalue weighted by Gasteiger charge is 2.50. The van der Waals surface area contributed by atoms with Crippen LogP contribution in [0.1, 0.15) is 45.7 Å². The van der Waals surface area contributed by atoms with E-state index in [4.69, 9.17) is 4.74 Å². The van der Waals surface area contributed by atoms with Crippen LogP contribution in [0.2, 0.25) is 0 Å². The molecular weight excluding hydrogens is 374 g/mol. The topological polar surface area (TPSA) is 47.4 Å². The van der Waals surface area contributed by atoms with Crippen LogP contribution < -0.4 is 0 Å². The summed E-state index contributed by atoms with van der Waals surface area (Å²) in [4.78, 5) is 19.8. The molecule has 2 heterocycles. The van der Waals surface area contributed by atoms with Gasteiger partial charge in [-0.05, 0) is 48.9 Å². The van der Waals surface area contributed by atoms with E-state index in [-0.39, 0.29) is 11.9 Å². The quantitative estimate of drug-likeness (QED) is 0.640. The Morgan fingerprint density at radius 2 is 1.67 bits per heavy atom. The third kappa shape index (κ3) is 3.14. The van der Waals surface area contributed by atoms with E-state index in [1.54, 1.807) is 17.9 Å². The number of hydrogen-bond acceptors (Lipinski definition) is 3. The summed E-state index contributed by atoms with van der Waals surface area (Å²) in [7, 11) is 3.62. The number of nitrogens with zero attached hydrogens (tertiary/aromatic N) is 3. The summed E-state index contributed by atoms with van der Waals surface area (Å²) >= 11 is 0. The molecule has 4 rings (SSSR count). The molecule has 1 aliphatic heterocycles. The SMILES string of the molecule is COC(c1ccccc1C)(c1ccccc1C)[C@@H]1CCCN1C(=O)c1nccn1C. The lowest BCUT2D eigenvalue weighted by Gasteiger charge is -2.44. The standard InChI is InChI=1S/C25H29N3O2/c1-18-10-5-7-12-20(18)25(30-4,21-13-8-6-11-19(21)2)22-14-9-16-28(22)24(29)23-26-15-17-27(23)3/h5-8,10-13,15,17,22H,9,14,16H2,1-4H3/t22-/m0/s1. The number of carbonyl (C=O) groups is 1. The molecule has 0 spiro atoms. The average molecular weight is 404 g/mol. The van der Waals surface area contributed by atoms with Gasteiger partial charge in [0.15, 0.2) is 5.82 Å². The fraction of sp³-hybridized carbons (Fsp3) is 0.360. The van der Waals surface area contributed by atoms with Crippen molar-refractivity contribution in [1.29, 1.82) is 0 Å². The molecule has 1 fully saturated rings. The Balaban J connectivity index is 1.92. The number of imidazole rings is 1. The molecule has 1 amide bonds. The van der Waals surface area contributed by atoms with Crippen LogP contribution in [0, 0.1) is 13.8 Å². The van der Waals surface area contributed by atoms with E-state index in [2.05, 4.69) is 43.1 Å². The molecule has 0 bridgehead atoms. The van der Waals surface area contributed by atoms with Crippen molar-refractivity contribution in [2.45, 2.75) is 38.3 Å². The molecule has 0 N–H and O–H groups in total. The van der Waals surface area contributed by atoms with E-state index in [0.717, 1.165) is 35.1 Å². The predicted octanol–water partition coefficient (Wildman–Crippen LogP) is 4.23. The van der Waals surface area contributed by atoms with Gasteiger partial charge in [-0.25, -0.2) is 4.98 Å². The Bertz CT molecular complexity index is 1010. The first-order valence-corrected chi connectivity index (χ1v) is 10.5. The number of rotatable bonds is 5. The van der Waals surface area contributed by atoms with Crippen LogP contribution in [0.4, 0.5) is 0 Å². The fourth-order valence-corrected chi connectivity index (χ4v) is 4.97. The van der Waals surface area contributed by atoms with Crippen molar-refractivity contribution in [1.82, 2.24) is 14.5 Å². The van der Waals surface area contributed by atoms with Crippen LogP contribution in [-0.2, 0) is 17.4 Å². The van der Waals surface area contributed by atoms with Crippen LogP contribution in [0.15, 0.2) is 60.9 Å². The van der Waals surface area contributed by atoms with Crippen LogP contribution in [0.25, 0.3) is 0 Å². The number of aromatic nitrogens is 2. The zero-order valence-corrected chi connectivity index (χ0v) is 18.1. The van der Waals surface area contributed by atoms with Gasteiger partial charge in [-0.15, -0.1) is 0 Å². The van der Waals surface area contributed by atoms with Crippen molar-refractivity contribution in [3.8, 4) is 0 Å². The third-order valence-corrected chi connectivity index (χ3v) is 6.41. The van der Waals surface area contributed by atoms with Crippen LogP contribution in [-0.4, -0.2) is 40.1 Å². The molecule has 1 aromatic heterocycles. The maximum atomic E-state index is 13.5. The van der Waals surface area contributed by atoms with E-state index in [1.807, 2.05) is 42.4 Å². The lowest BCUT2D eigenvalue weighted by molar-refractivity contribution is -0.0372. The summed E-state index contributed by atoms with van der Waals surface area (Å²) in [5.41, 5.74) is 3.75. The number of amides is 1. The summed E-state index contributed by atoms with van der Waals surface area (Å²) in [6, 6.07) is 16.5. The molecule has 156 valence electrons. The first kappa shape index (κ1) is 20.4. The summed E-state index contributed by atoms with van der Waals surface area (Å²) in [6.07, 6.45) is 5.28. The minimum atomic E-state index is -0.756. The van der Waals surface area contributed by atoms with Gasteiger partial charge in [-0.1, -0.05) is 48.5 Å². The number of hydrogen-bond donors (Lipinski definition) is 0. The van der Waals surface area contributed by atoms with Crippen molar-refractivity contribution in [2.75, 3.05) is 13.7 Å². The summed E-state index contributed by atoms with van der Waals surface area (Å²) in [6.45, 7) is 4.92. The van der Waals surface area contributed by atoms with Gasteiger partial charge in [0.05, 0.1) is 6.04 Å². The lowest BCUT2D eigenvalue weighted by Crippen LogP contribution is -2.52. The number of ether oxygens (including phenoxy) is 1. The zero-order valence-electron chi connectivity index (χ0n) is 18.1. The number of aryl methyl sites for hydroxylation is 3. The molecule has 0 radical (unpaired) electrons. The summed E-state index contributed by atoms with van der Waals surface area (Å²) < 4.78 is 8.25. The highest BCUT2D eigenvalue weighted by molar-refractivity contribution is 5.91. The average Bonchev–Trinajstić information content (AvgIpc) is 3.40. The van der Waals surface area contributed by atoms with Crippen molar-refractivity contribution >= 4 is 5.91 Å². The minimum Gasteiger partial charge on any atom is -0.367 e. The molecule has 5 heteroatoms. The normalized spacial score (nSPS) is 16.8. The third-order valence-electron chi connectivity index (χ3n) is 6.41. The maximum absolute atomic E-state index is 13.5. The van der Waals surface area contributed by atoms with Crippen LogP contribution >= 0.6 is 0 Å². The van der Waals surface area contributed by atoms with Gasteiger partial charge in [0.25, 0.3) is 5.91 Å². The van der Waals surface area contributed by atoms with E-state index in [0.29, 0.717) is 12.4 Å². The van der Waals surface area contributed by atoms with Gasteiger partial charge in [-0.2, -0.15) is 0 Å². The second kappa shape index (κ2) is 8.07. The van der Waals surface area contributed by atoms with E-state index >= 15 is 0 Å². The fourth-order valence-electron chi connectivity index (χ4n) is 4.97. The first-order chi connectivity index (χ1) is 14.5. The minimum absolute atomic E-state index is 0.0476. The number of methoxy groups -OCH3 is 1. The predicted molar refractivity (Wildman–Crippen MR) is 117 cm³/mol. The van der Waals surface area contributed by atoms with Crippen molar-refractivity contribution < 1.29 is 9.53 Å². The monoisotopic (exact) mass is 403 g/mol. The summed E-state index contributed by atoms with van der Waals surface area (Å²) in [5.74, 6) is 0.412. The van der Waals surface area contributed by atoms with Crippen molar-refractivity contribution in [3.05, 3.63) is 89.0 Å². The molecule has 0 aliphatic carbocycles. The number of likely N-dealkylation sites (tertiary alicyclic amines) is 1. The van der Waals surface area contributed by atoms with E-state index in [9.17, 15) is 4.79 Å². The van der Waals surface area contributed by atoms with Crippen LogP contribution in [0.5, 0.6) is 0 Å². The smallest absolute Gasteiger partial charge is 0.290 e. The van der Waals surface area contributed by atoms with E-state index < -0.39 is 5.60 Å². The van der Waals surface area contributed by atoms with Gasteiger partial charge < -0.3 is 14.2 Å². The first-order valence-electron chi connectivity index (χ1n) is 10.5. The Labute approximate surface area is 178 Å². The molecule has 1 atom stereocenters. The van der Waals surface area contributed by atoms with Gasteiger partial charge in [0, 0.05) is 33.1 Å². The number of carbonyl (C=O) groups excluding carboxylic acids is 1. The van der Waals surface area contributed by atoms with E-state index in [1.165, 1.54) is 0 Å². The van der Waals surface area contributed by atoms with Gasteiger partial charge in [0.2, 0.25) is 0 Å². The largest absolute Gasteiger partial charge is 0.367 e. The zero-order chi connectivity index (χ0) is 21.3. The highest BCUT2D eigenvalue weighted by Crippen LogP contribution is 2.45. The Morgan fingerprint density at radius 3 is 2.17 bits per heavy atom. The molecule has 0 saturated carbocycles. The Morgan fingerprint density at radius 1 is 1.07 bits per heavy atom. The lowest BCUT2D eigenvalue weighted by atomic mass is 9.75. The Hall–Kier alpha value is -2.92. The molecule has 2 aromatic carbocycles. The molecule has 3 aromatic rings. The van der Waals surface area contributed by atoms with Crippen molar-refractivity contribution in [2.24, 2.45) is 7.05 Å². The molecule has 30 heavy (non-hydrogen) atoms. The molecular formula is C25H29N3O2. The molecule has 5 nitrogen and oxygen atoms in total. The molecule has 1 aliphatic rings. The number of benzene rings is 2. The molecule has 1 saturated heterocycles. The van der Waals surface area contributed by atoms with Gasteiger partial charge >= 0.3 is 0 Å². The summed E-state index contributed by atoms with van der Waals surface area (Å²) in [5, 5.41) is 0. The molecule has 0 unspecified atom stereocenters. The second-order valence-corrected chi connectivity index (χ2v) is 8.09. The Kier molecular flexibility index (Phi) is 5.48. The van der Waals surface area contributed by atoms with Crippen molar-refractivity contribution in [3.63, 3.8) is 0 Å².